The predicted molar refractivity (Wildman–Crippen MR) is 39.7 cm³/mol. The minimum atomic E-state index is 0.130. The molecule has 1 saturated heterocycles. The molecule has 0 bridgehead atoms. The summed E-state index contributed by atoms with van der Waals surface area (Å²) in [7, 11) is 3.68. The van der Waals surface area contributed by atoms with Gasteiger partial charge in [0.05, 0.1) is 6.04 Å². The lowest BCUT2D eigenvalue weighted by Crippen LogP contribution is -2.39. The molecule has 58 valence electrons. The van der Waals surface area contributed by atoms with Crippen molar-refractivity contribution in [2.75, 3.05) is 20.6 Å². The number of carbonyl (C=O) groups is 1. The Morgan fingerprint density at radius 2 is 2.40 bits per heavy atom. The van der Waals surface area contributed by atoms with Crippen molar-refractivity contribution in [1.29, 1.82) is 0 Å². The van der Waals surface area contributed by atoms with Crippen molar-refractivity contribution in [2.45, 2.75) is 18.9 Å². The summed E-state index contributed by atoms with van der Waals surface area (Å²) in [6.07, 6.45) is 2.16. The Kier molecular flexibility index (Phi) is 2.27. The fourth-order valence-electron chi connectivity index (χ4n) is 1.41. The molecule has 1 heterocycles. The van der Waals surface area contributed by atoms with Crippen molar-refractivity contribution < 1.29 is 4.79 Å². The Bertz CT molecular complexity index is 136. The van der Waals surface area contributed by atoms with Gasteiger partial charge in [-0.25, -0.2) is 0 Å². The van der Waals surface area contributed by atoms with Crippen LogP contribution in [-0.2, 0) is 4.79 Å². The van der Waals surface area contributed by atoms with Crippen LogP contribution < -0.4 is 5.32 Å². The van der Waals surface area contributed by atoms with E-state index < -0.39 is 0 Å². The summed E-state index contributed by atoms with van der Waals surface area (Å²) in [5, 5.41) is 2.66. The highest BCUT2D eigenvalue weighted by Gasteiger charge is 2.26. The van der Waals surface area contributed by atoms with Crippen LogP contribution in [0, 0.1) is 0 Å². The van der Waals surface area contributed by atoms with Gasteiger partial charge in [-0.2, -0.15) is 0 Å². The second kappa shape index (κ2) is 3.01. The lowest BCUT2D eigenvalue weighted by Gasteiger charge is -2.16. The number of carbonyl (C=O) groups excluding carboxylic acids is 1. The average Bonchev–Trinajstić information content (AvgIpc) is 2.34. The first-order chi connectivity index (χ1) is 4.75. The van der Waals surface area contributed by atoms with Crippen molar-refractivity contribution in [1.82, 2.24) is 10.2 Å². The van der Waals surface area contributed by atoms with Gasteiger partial charge < -0.3 is 5.32 Å². The summed E-state index contributed by atoms with van der Waals surface area (Å²) in [4.78, 5) is 13.2. The molecule has 1 fully saturated rings. The van der Waals surface area contributed by atoms with Gasteiger partial charge in [-0.15, -0.1) is 0 Å². The van der Waals surface area contributed by atoms with Gasteiger partial charge in [0, 0.05) is 7.05 Å². The molecule has 1 atom stereocenters. The molecule has 1 aliphatic rings. The van der Waals surface area contributed by atoms with Crippen LogP contribution in [0.15, 0.2) is 0 Å². The summed E-state index contributed by atoms with van der Waals surface area (Å²) >= 11 is 0. The molecule has 0 spiro atoms. The summed E-state index contributed by atoms with van der Waals surface area (Å²) in [5.41, 5.74) is 0. The maximum absolute atomic E-state index is 11.1. The first-order valence-electron chi connectivity index (χ1n) is 3.67. The molecule has 0 unspecified atom stereocenters. The molecule has 0 saturated carbocycles. The third-order valence-corrected chi connectivity index (χ3v) is 2.07. The number of hydrogen-bond acceptors (Lipinski definition) is 2. The molecule has 0 aromatic rings. The van der Waals surface area contributed by atoms with E-state index in [-0.39, 0.29) is 11.9 Å². The molecule has 1 N–H and O–H groups in total. The van der Waals surface area contributed by atoms with E-state index in [1.807, 2.05) is 7.05 Å². The lowest BCUT2D eigenvalue weighted by atomic mass is 10.2. The minimum Gasteiger partial charge on any atom is -0.358 e. The van der Waals surface area contributed by atoms with Crippen molar-refractivity contribution in [3.63, 3.8) is 0 Å². The number of amides is 1. The van der Waals surface area contributed by atoms with E-state index in [1.54, 1.807) is 7.05 Å². The van der Waals surface area contributed by atoms with Crippen LogP contribution in [0.2, 0.25) is 0 Å². The quantitative estimate of drug-likeness (QED) is 0.551. The van der Waals surface area contributed by atoms with Gasteiger partial charge in [-0.1, -0.05) is 0 Å². The highest BCUT2D eigenvalue weighted by Crippen LogP contribution is 2.13. The van der Waals surface area contributed by atoms with Gasteiger partial charge in [0.2, 0.25) is 5.91 Å². The van der Waals surface area contributed by atoms with Gasteiger partial charge in [0.15, 0.2) is 0 Å². The van der Waals surface area contributed by atoms with Gasteiger partial charge in [-0.3, -0.25) is 9.69 Å². The first kappa shape index (κ1) is 7.54. The predicted octanol–water partition coefficient (Wildman–Crippen LogP) is -0.173. The topological polar surface area (TPSA) is 32.3 Å². The summed E-state index contributed by atoms with van der Waals surface area (Å²) in [6, 6.07) is 0.130. The number of likely N-dealkylation sites (tertiary alicyclic amines) is 1. The normalized spacial score (nSPS) is 26.8. The minimum absolute atomic E-state index is 0.130. The Hall–Kier alpha value is -0.570. The van der Waals surface area contributed by atoms with E-state index in [1.165, 1.54) is 0 Å². The molecule has 1 aliphatic heterocycles. The highest BCUT2D eigenvalue weighted by molar-refractivity contribution is 5.81. The second-order valence-electron chi connectivity index (χ2n) is 2.75. The van der Waals surface area contributed by atoms with Crippen LogP contribution in [0.1, 0.15) is 12.8 Å². The number of likely N-dealkylation sites (N-methyl/N-ethyl adjacent to an activating group) is 2. The maximum atomic E-state index is 11.1. The van der Waals surface area contributed by atoms with Crippen LogP contribution in [0.25, 0.3) is 0 Å². The van der Waals surface area contributed by atoms with Crippen molar-refractivity contribution in [2.24, 2.45) is 0 Å². The average molecular weight is 142 g/mol. The summed E-state index contributed by atoms with van der Waals surface area (Å²) in [5.74, 6) is 0.153. The summed E-state index contributed by atoms with van der Waals surface area (Å²) in [6.45, 7) is 1.05. The van der Waals surface area contributed by atoms with E-state index in [4.69, 9.17) is 0 Å². The van der Waals surface area contributed by atoms with E-state index in [2.05, 4.69) is 10.2 Å². The highest BCUT2D eigenvalue weighted by atomic mass is 16.2. The van der Waals surface area contributed by atoms with E-state index in [0.717, 1.165) is 19.4 Å². The van der Waals surface area contributed by atoms with Crippen LogP contribution in [0.3, 0.4) is 0 Å². The zero-order chi connectivity index (χ0) is 7.56. The van der Waals surface area contributed by atoms with Crippen LogP contribution in [0.4, 0.5) is 0 Å². The Labute approximate surface area is 61.4 Å². The van der Waals surface area contributed by atoms with Gasteiger partial charge in [-0.05, 0) is 26.4 Å². The molecule has 10 heavy (non-hydrogen) atoms. The number of nitrogens with one attached hydrogen (secondary N) is 1. The van der Waals surface area contributed by atoms with Crippen molar-refractivity contribution >= 4 is 5.91 Å². The van der Waals surface area contributed by atoms with Crippen molar-refractivity contribution in [3.8, 4) is 0 Å². The zero-order valence-corrected chi connectivity index (χ0v) is 6.55. The third kappa shape index (κ3) is 1.29. The molecule has 3 nitrogen and oxygen atoms in total. The Balaban J connectivity index is 2.46. The van der Waals surface area contributed by atoms with Crippen LogP contribution >= 0.6 is 0 Å². The van der Waals surface area contributed by atoms with E-state index in [0.29, 0.717) is 0 Å². The van der Waals surface area contributed by atoms with Gasteiger partial charge in [0.25, 0.3) is 0 Å². The third-order valence-electron chi connectivity index (χ3n) is 2.07. The Morgan fingerprint density at radius 3 is 2.80 bits per heavy atom. The van der Waals surface area contributed by atoms with Crippen LogP contribution in [-0.4, -0.2) is 37.5 Å². The number of rotatable bonds is 1. The molecule has 0 aliphatic carbocycles. The molecule has 0 aromatic carbocycles. The smallest absolute Gasteiger partial charge is 0.237 e. The fraction of sp³-hybridized carbons (Fsp3) is 0.857. The van der Waals surface area contributed by atoms with Crippen molar-refractivity contribution in [3.05, 3.63) is 0 Å². The van der Waals surface area contributed by atoms with Gasteiger partial charge in [0.1, 0.15) is 0 Å². The fourth-order valence-corrected chi connectivity index (χ4v) is 1.41. The second-order valence-corrected chi connectivity index (χ2v) is 2.75. The largest absolute Gasteiger partial charge is 0.358 e. The maximum Gasteiger partial charge on any atom is 0.237 e. The Morgan fingerprint density at radius 1 is 1.70 bits per heavy atom. The zero-order valence-electron chi connectivity index (χ0n) is 6.55. The molecule has 0 aromatic heterocycles. The molecular formula is C7H14N2O. The standard InChI is InChI=1S/C7H14N2O/c1-8-7(10)6-4-3-5-9(6)2/h6H,3-5H2,1-2H3,(H,8,10)/t6-/m0/s1. The van der Waals surface area contributed by atoms with E-state index >= 15 is 0 Å². The molecular weight excluding hydrogens is 128 g/mol. The molecule has 1 rings (SSSR count). The molecule has 1 amide bonds. The lowest BCUT2D eigenvalue weighted by molar-refractivity contribution is -0.124. The number of nitrogens with zero attached hydrogens (tertiary/aromatic N) is 1. The number of hydrogen-bond donors (Lipinski definition) is 1. The molecule has 3 heteroatoms. The first-order valence-corrected chi connectivity index (χ1v) is 3.67. The monoisotopic (exact) mass is 142 g/mol. The van der Waals surface area contributed by atoms with Gasteiger partial charge >= 0.3 is 0 Å². The molecule has 0 radical (unpaired) electrons. The van der Waals surface area contributed by atoms with E-state index in [9.17, 15) is 4.79 Å². The van der Waals surface area contributed by atoms with Crippen LogP contribution in [0.5, 0.6) is 0 Å². The summed E-state index contributed by atoms with van der Waals surface area (Å²) < 4.78 is 0. The SMILES string of the molecule is CNC(=O)[C@@H]1CCCN1C.